The summed E-state index contributed by atoms with van der Waals surface area (Å²) in [6.45, 7) is 1.82. The normalized spacial score (nSPS) is 33.9. The number of esters is 2. The van der Waals surface area contributed by atoms with Gasteiger partial charge in [-0.2, -0.15) is 0 Å². The van der Waals surface area contributed by atoms with Gasteiger partial charge in [-0.1, -0.05) is 18.1 Å². The highest BCUT2D eigenvalue weighted by atomic mass is 16.5. The molecule has 0 aromatic heterocycles. The van der Waals surface area contributed by atoms with Gasteiger partial charge in [0.25, 0.3) is 0 Å². The third-order valence-electron chi connectivity index (χ3n) is 4.69. The first kappa shape index (κ1) is 14.1. The third-order valence-corrected chi connectivity index (χ3v) is 4.69. The van der Waals surface area contributed by atoms with Gasteiger partial charge >= 0.3 is 11.9 Å². The van der Waals surface area contributed by atoms with Crippen molar-refractivity contribution >= 4 is 11.9 Å². The van der Waals surface area contributed by atoms with Gasteiger partial charge < -0.3 is 9.47 Å². The largest absolute Gasteiger partial charge is 0.469 e. The minimum absolute atomic E-state index is 0.138. The first-order valence-corrected chi connectivity index (χ1v) is 6.89. The number of carbonyl (C=O) groups excluding carboxylic acids is 2. The smallest absolute Gasteiger partial charge is 0.312 e. The van der Waals surface area contributed by atoms with E-state index in [2.05, 4.69) is 6.08 Å². The zero-order valence-corrected chi connectivity index (χ0v) is 11.9. The number of hydrogen-bond donors (Lipinski definition) is 0. The van der Waals surface area contributed by atoms with Gasteiger partial charge in [0, 0.05) is 0 Å². The minimum Gasteiger partial charge on any atom is -0.469 e. The standard InChI is InChI=1S/C15H22O4/c1-15(14(17)19-3)9-8-10-6-4-5-7-11(10)12(15)13(16)18-2/h8,11-12H,4-7,9H2,1-3H3/t11-,12+,15+/m0/s1. The molecule has 0 aromatic rings. The summed E-state index contributed by atoms with van der Waals surface area (Å²) in [7, 11) is 2.77. The molecule has 2 aliphatic carbocycles. The van der Waals surface area contributed by atoms with E-state index in [1.54, 1.807) is 0 Å². The number of rotatable bonds is 2. The molecule has 0 aliphatic heterocycles. The zero-order chi connectivity index (χ0) is 14.0. The first-order valence-electron chi connectivity index (χ1n) is 6.89. The van der Waals surface area contributed by atoms with E-state index in [9.17, 15) is 9.59 Å². The number of hydrogen-bond acceptors (Lipinski definition) is 4. The van der Waals surface area contributed by atoms with Crippen molar-refractivity contribution in [2.75, 3.05) is 14.2 Å². The molecule has 0 aromatic carbocycles. The quantitative estimate of drug-likeness (QED) is 0.569. The highest BCUT2D eigenvalue weighted by Crippen LogP contribution is 2.50. The second-order valence-electron chi connectivity index (χ2n) is 5.75. The highest BCUT2D eigenvalue weighted by Gasteiger charge is 2.53. The molecule has 0 heterocycles. The van der Waals surface area contributed by atoms with E-state index in [1.165, 1.54) is 26.2 Å². The van der Waals surface area contributed by atoms with Crippen LogP contribution in [0.1, 0.15) is 39.0 Å². The minimum atomic E-state index is -0.798. The molecule has 0 bridgehead atoms. The van der Waals surface area contributed by atoms with E-state index in [1.807, 2.05) is 6.92 Å². The molecule has 19 heavy (non-hydrogen) atoms. The van der Waals surface area contributed by atoms with Crippen molar-refractivity contribution in [2.24, 2.45) is 17.3 Å². The molecule has 0 saturated heterocycles. The predicted octanol–water partition coefficient (Wildman–Crippen LogP) is 2.48. The Balaban J connectivity index is 2.40. The summed E-state index contributed by atoms with van der Waals surface area (Å²) in [6.07, 6.45) is 6.97. The number of methoxy groups -OCH3 is 2. The number of fused-ring (bicyclic) bond motifs is 1. The lowest BCUT2D eigenvalue weighted by molar-refractivity contribution is -0.168. The van der Waals surface area contributed by atoms with E-state index >= 15 is 0 Å². The fourth-order valence-electron chi connectivity index (χ4n) is 3.61. The van der Waals surface area contributed by atoms with Gasteiger partial charge in [-0.15, -0.1) is 0 Å². The lowest BCUT2D eigenvalue weighted by atomic mass is 9.59. The van der Waals surface area contributed by atoms with E-state index < -0.39 is 11.3 Å². The van der Waals surface area contributed by atoms with Crippen LogP contribution in [0.5, 0.6) is 0 Å². The van der Waals surface area contributed by atoms with Crippen molar-refractivity contribution in [2.45, 2.75) is 39.0 Å². The van der Waals surface area contributed by atoms with E-state index in [4.69, 9.17) is 9.47 Å². The van der Waals surface area contributed by atoms with Crippen LogP contribution in [-0.4, -0.2) is 26.2 Å². The molecule has 0 spiro atoms. The molecule has 4 heteroatoms. The average molecular weight is 266 g/mol. The summed E-state index contributed by atoms with van der Waals surface area (Å²) in [5, 5.41) is 0. The van der Waals surface area contributed by atoms with Gasteiger partial charge in [0.2, 0.25) is 0 Å². The fraction of sp³-hybridized carbons (Fsp3) is 0.733. The summed E-state index contributed by atoms with van der Waals surface area (Å²) >= 11 is 0. The van der Waals surface area contributed by atoms with Gasteiger partial charge in [-0.05, 0) is 38.5 Å². The topological polar surface area (TPSA) is 52.6 Å². The lowest BCUT2D eigenvalue weighted by Crippen LogP contribution is -2.48. The summed E-state index contributed by atoms with van der Waals surface area (Å²) in [5.74, 6) is -0.876. The Hall–Kier alpha value is -1.32. The maximum absolute atomic E-state index is 12.2. The summed E-state index contributed by atoms with van der Waals surface area (Å²) < 4.78 is 9.88. The molecule has 2 aliphatic rings. The third kappa shape index (κ3) is 2.28. The average Bonchev–Trinajstić information content (AvgIpc) is 2.45. The molecule has 0 amide bonds. The highest BCUT2D eigenvalue weighted by molar-refractivity contribution is 5.86. The number of carbonyl (C=O) groups is 2. The predicted molar refractivity (Wildman–Crippen MR) is 70.3 cm³/mol. The zero-order valence-electron chi connectivity index (χ0n) is 11.9. The van der Waals surface area contributed by atoms with Crippen molar-refractivity contribution in [3.8, 4) is 0 Å². The van der Waals surface area contributed by atoms with Crippen LogP contribution in [0.15, 0.2) is 11.6 Å². The maximum Gasteiger partial charge on any atom is 0.312 e. The van der Waals surface area contributed by atoms with Crippen LogP contribution in [0, 0.1) is 17.3 Å². The SMILES string of the molecule is COC(=O)[C@H]1[C@H]2CCCCC2=CC[C@@]1(C)C(=O)OC. The lowest BCUT2D eigenvalue weighted by Gasteiger charge is -2.43. The second kappa shape index (κ2) is 5.35. The monoisotopic (exact) mass is 266 g/mol. The van der Waals surface area contributed by atoms with Crippen LogP contribution in [0.25, 0.3) is 0 Å². The Kier molecular flexibility index (Phi) is 3.97. The van der Waals surface area contributed by atoms with Gasteiger partial charge in [-0.3, -0.25) is 9.59 Å². The van der Waals surface area contributed by atoms with Crippen molar-refractivity contribution in [1.82, 2.24) is 0 Å². The summed E-state index contributed by atoms with van der Waals surface area (Å²) in [5.41, 5.74) is 0.524. The molecule has 1 fully saturated rings. The molecule has 106 valence electrons. The second-order valence-corrected chi connectivity index (χ2v) is 5.75. The fourth-order valence-corrected chi connectivity index (χ4v) is 3.61. The molecule has 1 saturated carbocycles. The van der Waals surface area contributed by atoms with E-state index in [0.717, 1.165) is 19.3 Å². The molecule has 4 nitrogen and oxygen atoms in total. The summed E-state index contributed by atoms with van der Waals surface area (Å²) in [6, 6.07) is 0. The van der Waals surface area contributed by atoms with Crippen LogP contribution in [0.3, 0.4) is 0 Å². The molecule has 0 radical (unpaired) electrons. The van der Waals surface area contributed by atoms with Crippen molar-refractivity contribution in [1.29, 1.82) is 0 Å². The van der Waals surface area contributed by atoms with Crippen LogP contribution in [-0.2, 0) is 19.1 Å². The Morgan fingerprint density at radius 1 is 1.26 bits per heavy atom. The molecule has 0 N–H and O–H groups in total. The van der Waals surface area contributed by atoms with Crippen LogP contribution < -0.4 is 0 Å². The Bertz CT molecular complexity index is 412. The van der Waals surface area contributed by atoms with Crippen molar-refractivity contribution < 1.29 is 19.1 Å². The van der Waals surface area contributed by atoms with E-state index in [0.29, 0.717) is 6.42 Å². The summed E-state index contributed by atoms with van der Waals surface area (Å²) in [4.78, 5) is 24.3. The van der Waals surface area contributed by atoms with Crippen molar-refractivity contribution in [3.63, 3.8) is 0 Å². The molecule has 3 atom stereocenters. The van der Waals surface area contributed by atoms with Gasteiger partial charge in [0.15, 0.2) is 0 Å². The molecule has 2 rings (SSSR count). The number of allylic oxidation sites excluding steroid dienone is 2. The molecular formula is C15H22O4. The molecular weight excluding hydrogens is 244 g/mol. The van der Waals surface area contributed by atoms with Gasteiger partial charge in [0.05, 0.1) is 25.6 Å². The van der Waals surface area contributed by atoms with Crippen LogP contribution in [0.2, 0.25) is 0 Å². The Morgan fingerprint density at radius 3 is 2.63 bits per heavy atom. The van der Waals surface area contributed by atoms with Crippen molar-refractivity contribution in [3.05, 3.63) is 11.6 Å². The van der Waals surface area contributed by atoms with Gasteiger partial charge in [0.1, 0.15) is 0 Å². The Morgan fingerprint density at radius 2 is 2.00 bits per heavy atom. The van der Waals surface area contributed by atoms with E-state index in [-0.39, 0.29) is 17.9 Å². The van der Waals surface area contributed by atoms with Crippen LogP contribution >= 0.6 is 0 Å². The molecule has 0 unspecified atom stereocenters. The number of ether oxygens (including phenoxy) is 2. The maximum atomic E-state index is 12.2. The Labute approximate surface area is 114 Å². The van der Waals surface area contributed by atoms with Crippen LogP contribution in [0.4, 0.5) is 0 Å². The van der Waals surface area contributed by atoms with Gasteiger partial charge in [-0.25, -0.2) is 0 Å². The first-order chi connectivity index (χ1) is 9.04.